The van der Waals surface area contributed by atoms with E-state index in [1.165, 1.54) is 12.1 Å². The Morgan fingerprint density at radius 1 is 1.11 bits per heavy atom. The molecule has 1 aliphatic rings. The zero-order chi connectivity index (χ0) is 19.3. The summed E-state index contributed by atoms with van der Waals surface area (Å²) in [6.45, 7) is 1.43. The lowest BCUT2D eigenvalue weighted by Gasteiger charge is -2.32. The SMILES string of the molecule is O=C(c1cccnc1)N1CCCC(c2cccc(Cc3ccc(F)cc3)n2)C1. The molecule has 1 atom stereocenters. The van der Waals surface area contributed by atoms with Crippen LogP contribution >= 0.6 is 0 Å². The van der Waals surface area contributed by atoms with Crippen LogP contribution in [0.4, 0.5) is 4.39 Å². The summed E-state index contributed by atoms with van der Waals surface area (Å²) < 4.78 is 13.1. The third kappa shape index (κ3) is 4.25. The van der Waals surface area contributed by atoms with Crippen LogP contribution in [0.5, 0.6) is 0 Å². The first-order valence-electron chi connectivity index (χ1n) is 9.58. The van der Waals surface area contributed by atoms with E-state index in [9.17, 15) is 9.18 Å². The van der Waals surface area contributed by atoms with Gasteiger partial charge in [0.05, 0.1) is 5.56 Å². The molecule has 1 amide bonds. The molecule has 3 heterocycles. The van der Waals surface area contributed by atoms with Crippen molar-refractivity contribution in [3.8, 4) is 0 Å². The fraction of sp³-hybridized carbons (Fsp3) is 0.261. The molecule has 3 aromatic rings. The van der Waals surface area contributed by atoms with E-state index >= 15 is 0 Å². The molecule has 142 valence electrons. The summed E-state index contributed by atoms with van der Waals surface area (Å²) in [6.07, 6.45) is 5.93. The van der Waals surface area contributed by atoms with Gasteiger partial charge >= 0.3 is 0 Å². The number of rotatable bonds is 4. The summed E-state index contributed by atoms with van der Waals surface area (Å²) in [5, 5.41) is 0. The van der Waals surface area contributed by atoms with Gasteiger partial charge in [0, 0.05) is 49.2 Å². The predicted molar refractivity (Wildman–Crippen MR) is 106 cm³/mol. The van der Waals surface area contributed by atoms with Crippen LogP contribution in [0.15, 0.2) is 67.0 Å². The minimum Gasteiger partial charge on any atom is -0.338 e. The van der Waals surface area contributed by atoms with Gasteiger partial charge in [0.15, 0.2) is 0 Å². The molecule has 0 radical (unpaired) electrons. The fourth-order valence-electron chi connectivity index (χ4n) is 3.71. The van der Waals surface area contributed by atoms with E-state index in [1.807, 2.05) is 23.1 Å². The molecule has 0 bridgehead atoms. The van der Waals surface area contributed by atoms with Crippen LogP contribution in [0.1, 0.15) is 46.1 Å². The Hall–Kier alpha value is -3.08. The number of aromatic nitrogens is 2. The van der Waals surface area contributed by atoms with E-state index in [0.29, 0.717) is 18.5 Å². The highest BCUT2D eigenvalue weighted by Gasteiger charge is 2.26. The maximum absolute atomic E-state index is 13.1. The van der Waals surface area contributed by atoms with Crippen molar-refractivity contribution >= 4 is 5.91 Å². The Labute approximate surface area is 164 Å². The number of carbonyl (C=O) groups excluding carboxylic acids is 1. The molecule has 0 spiro atoms. The lowest BCUT2D eigenvalue weighted by Crippen LogP contribution is -2.39. The Kier molecular flexibility index (Phi) is 5.42. The van der Waals surface area contributed by atoms with Gasteiger partial charge in [-0.3, -0.25) is 14.8 Å². The molecule has 1 fully saturated rings. The Morgan fingerprint density at radius 3 is 2.75 bits per heavy atom. The molecule has 0 aliphatic carbocycles. The number of halogens is 1. The first-order chi connectivity index (χ1) is 13.7. The molecule has 5 heteroatoms. The monoisotopic (exact) mass is 375 g/mol. The molecule has 28 heavy (non-hydrogen) atoms. The van der Waals surface area contributed by atoms with Gasteiger partial charge in [-0.2, -0.15) is 0 Å². The zero-order valence-corrected chi connectivity index (χ0v) is 15.6. The van der Waals surface area contributed by atoms with Crippen molar-refractivity contribution in [3.05, 3.63) is 95.3 Å². The van der Waals surface area contributed by atoms with Gasteiger partial charge in [-0.15, -0.1) is 0 Å². The second-order valence-corrected chi connectivity index (χ2v) is 7.19. The number of hydrogen-bond acceptors (Lipinski definition) is 3. The van der Waals surface area contributed by atoms with Crippen LogP contribution in [0.25, 0.3) is 0 Å². The maximum atomic E-state index is 13.1. The molecule has 1 aromatic carbocycles. The molecular weight excluding hydrogens is 353 g/mol. The summed E-state index contributed by atoms with van der Waals surface area (Å²) in [7, 11) is 0. The second kappa shape index (κ2) is 8.30. The van der Waals surface area contributed by atoms with E-state index in [1.54, 1.807) is 36.7 Å². The Balaban J connectivity index is 1.47. The summed E-state index contributed by atoms with van der Waals surface area (Å²) in [6, 6.07) is 16.2. The lowest BCUT2D eigenvalue weighted by atomic mass is 9.93. The summed E-state index contributed by atoms with van der Waals surface area (Å²) in [5.74, 6) is 0.0221. The Morgan fingerprint density at radius 2 is 1.96 bits per heavy atom. The zero-order valence-electron chi connectivity index (χ0n) is 15.6. The number of nitrogens with zero attached hydrogens (tertiary/aromatic N) is 3. The number of piperidine rings is 1. The molecule has 4 rings (SSSR count). The van der Waals surface area contributed by atoms with Crippen molar-refractivity contribution in [1.82, 2.24) is 14.9 Å². The van der Waals surface area contributed by atoms with E-state index < -0.39 is 0 Å². The van der Waals surface area contributed by atoms with Crippen LogP contribution in [-0.2, 0) is 6.42 Å². The maximum Gasteiger partial charge on any atom is 0.255 e. The normalized spacial score (nSPS) is 16.8. The highest BCUT2D eigenvalue weighted by atomic mass is 19.1. The summed E-state index contributed by atoms with van der Waals surface area (Å²) in [5.41, 5.74) is 3.63. The number of likely N-dealkylation sites (tertiary alicyclic amines) is 1. The predicted octanol–water partition coefficient (Wildman–Crippen LogP) is 4.23. The van der Waals surface area contributed by atoms with E-state index in [4.69, 9.17) is 4.98 Å². The van der Waals surface area contributed by atoms with Crippen LogP contribution in [0.3, 0.4) is 0 Å². The highest BCUT2D eigenvalue weighted by Crippen LogP contribution is 2.27. The van der Waals surface area contributed by atoms with Gasteiger partial charge in [-0.25, -0.2) is 4.39 Å². The Bertz CT molecular complexity index is 944. The topological polar surface area (TPSA) is 46.1 Å². The molecule has 0 N–H and O–H groups in total. The molecule has 1 saturated heterocycles. The van der Waals surface area contributed by atoms with E-state index in [2.05, 4.69) is 4.98 Å². The highest BCUT2D eigenvalue weighted by molar-refractivity contribution is 5.94. The standard InChI is InChI=1S/C23H22FN3O/c24-20-10-8-17(9-11-20)14-21-6-1-7-22(26-21)19-5-3-13-27(16-19)23(28)18-4-2-12-25-15-18/h1-2,4,6-12,15,19H,3,5,13-14,16H2. The average Bonchev–Trinajstić information content (AvgIpc) is 2.76. The molecule has 1 unspecified atom stereocenters. The largest absolute Gasteiger partial charge is 0.338 e. The quantitative estimate of drug-likeness (QED) is 0.686. The lowest BCUT2D eigenvalue weighted by molar-refractivity contribution is 0.0705. The van der Waals surface area contributed by atoms with Gasteiger partial charge in [0.25, 0.3) is 5.91 Å². The van der Waals surface area contributed by atoms with Gasteiger partial charge in [-0.05, 0) is 54.8 Å². The van der Waals surface area contributed by atoms with Gasteiger partial charge in [-0.1, -0.05) is 18.2 Å². The minimum atomic E-state index is -0.231. The van der Waals surface area contributed by atoms with E-state index in [0.717, 1.165) is 36.3 Å². The van der Waals surface area contributed by atoms with Crippen molar-refractivity contribution in [1.29, 1.82) is 0 Å². The number of pyridine rings is 2. The molecular formula is C23H22FN3O. The first kappa shape index (κ1) is 18.3. The van der Waals surface area contributed by atoms with Gasteiger partial charge in [0.1, 0.15) is 5.82 Å². The first-order valence-corrected chi connectivity index (χ1v) is 9.58. The number of benzene rings is 1. The van der Waals surface area contributed by atoms with Crippen LogP contribution in [0, 0.1) is 5.82 Å². The van der Waals surface area contributed by atoms with E-state index in [-0.39, 0.29) is 17.6 Å². The van der Waals surface area contributed by atoms with Gasteiger partial charge < -0.3 is 4.90 Å². The van der Waals surface area contributed by atoms with Crippen LogP contribution in [0.2, 0.25) is 0 Å². The van der Waals surface area contributed by atoms with Crippen molar-refractivity contribution in [3.63, 3.8) is 0 Å². The molecule has 2 aromatic heterocycles. The third-order valence-corrected chi connectivity index (χ3v) is 5.16. The number of amides is 1. The molecule has 1 aliphatic heterocycles. The van der Waals surface area contributed by atoms with Crippen molar-refractivity contribution in [2.75, 3.05) is 13.1 Å². The third-order valence-electron chi connectivity index (χ3n) is 5.16. The number of carbonyl (C=O) groups is 1. The van der Waals surface area contributed by atoms with Crippen LogP contribution in [-0.4, -0.2) is 33.9 Å². The molecule has 0 saturated carbocycles. The summed E-state index contributed by atoms with van der Waals surface area (Å²) >= 11 is 0. The number of hydrogen-bond donors (Lipinski definition) is 0. The van der Waals surface area contributed by atoms with Crippen LogP contribution < -0.4 is 0 Å². The molecule has 4 nitrogen and oxygen atoms in total. The average molecular weight is 375 g/mol. The fourth-order valence-corrected chi connectivity index (χ4v) is 3.71. The van der Waals surface area contributed by atoms with Crippen molar-refractivity contribution in [2.24, 2.45) is 0 Å². The van der Waals surface area contributed by atoms with Gasteiger partial charge in [0.2, 0.25) is 0 Å². The second-order valence-electron chi connectivity index (χ2n) is 7.19. The van der Waals surface area contributed by atoms with Crippen molar-refractivity contribution in [2.45, 2.75) is 25.2 Å². The van der Waals surface area contributed by atoms with Crippen molar-refractivity contribution < 1.29 is 9.18 Å². The summed E-state index contributed by atoms with van der Waals surface area (Å²) in [4.78, 5) is 23.5. The minimum absolute atomic E-state index is 0.0280. The smallest absolute Gasteiger partial charge is 0.255 e.